The van der Waals surface area contributed by atoms with Crippen molar-refractivity contribution < 1.29 is 23.0 Å². The van der Waals surface area contributed by atoms with E-state index in [0.717, 1.165) is 17.4 Å². The summed E-state index contributed by atoms with van der Waals surface area (Å²) in [7, 11) is 1.36. The third-order valence-electron chi connectivity index (χ3n) is 6.38. The van der Waals surface area contributed by atoms with Gasteiger partial charge in [0.25, 0.3) is 0 Å². The number of benzene rings is 1. The molecular formula is C23H21F2N3O4S. The first-order valence-electron chi connectivity index (χ1n) is 10.5. The van der Waals surface area contributed by atoms with Gasteiger partial charge in [0.2, 0.25) is 5.43 Å². The Labute approximate surface area is 192 Å². The molecule has 33 heavy (non-hydrogen) atoms. The summed E-state index contributed by atoms with van der Waals surface area (Å²) in [6.07, 6.45) is 2.12. The second-order valence-corrected chi connectivity index (χ2v) is 9.83. The maximum absolute atomic E-state index is 14.0. The summed E-state index contributed by atoms with van der Waals surface area (Å²) in [6.45, 7) is 4.16. The van der Waals surface area contributed by atoms with Crippen LogP contribution in [-0.2, 0) is 11.2 Å². The van der Waals surface area contributed by atoms with Gasteiger partial charge in [-0.25, -0.2) is 8.78 Å². The van der Waals surface area contributed by atoms with Gasteiger partial charge in [0.15, 0.2) is 16.5 Å². The molecule has 1 aromatic carbocycles. The lowest BCUT2D eigenvalue weighted by atomic mass is 9.74. The van der Waals surface area contributed by atoms with Crippen molar-refractivity contribution in [3.8, 4) is 16.3 Å². The summed E-state index contributed by atoms with van der Waals surface area (Å²) in [4.78, 5) is 26.6. The lowest BCUT2D eigenvalue weighted by Crippen LogP contribution is -2.48. The van der Waals surface area contributed by atoms with Crippen molar-refractivity contribution in [3.63, 3.8) is 0 Å². The molecule has 1 saturated heterocycles. The van der Waals surface area contributed by atoms with Crippen molar-refractivity contribution in [1.82, 2.24) is 14.8 Å². The predicted molar refractivity (Wildman–Crippen MR) is 117 cm³/mol. The van der Waals surface area contributed by atoms with Gasteiger partial charge in [-0.3, -0.25) is 9.59 Å². The molecule has 0 aliphatic carbocycles. The van der Waals surface area contributed by atoms with Crippen LogP contribution < -0.4 is 10.2 Å². The fraction of sp³-hybridized carbons (Fsp3) is 0.391. The Bertz CT molecular complexity index is 1330. The van der Waals surface area contributed by atoms with Gasteiger partial charge in [-0.15, -0.1) is 10.2 Å². The van der Waals surface area contributed by atoms with Crippen molar-refractivity contribution >= 4 is 17.1 Å². The van der Waals surface area contributed by atoms with Gasteiger partial charge >= 0.3 is 0 Å². The molecule has 7 nitrogen and oxygen atoms in total. The molecule has 4 heterocycles. The number of hydrogen-bond acceptors (Lipinski definition) is 7. The van der Waals surface area contributed by atoms with E-state index in [1.807, 2.05) is 13.8 Å². The molecule has 10 heteroatoms. The molecule has 172 valence electrons. The number of ketones is 1. The molecule has 0 bridgehead atoms. The highest BCUT2D eigenvalue weighted by Crippen LogP contribution is 2.46. The summed E-state index contributed by atoms with van der Waals surface area (Å²) >= 11 is 1.14. The number of rotatable bonds is 4. The van der Waals surface area contributed by atoms with Crippen LogP contribution in [-0.4, -0.2) is 40.4 Å². The third kappa shape index (κ3) is 3.39. The first kappa shape index (κ1) is 21.8. The van der Waals surface area contributed by atoms with Crippen LogP contribution in [0.15, 0.2) is 29.2 Å². The van der Waals surface area contributed by atoms with Crippen LogP contribution in [0.2, 0.25) is 0 Å². The molecule has 0 N–H and O–H groups in total. The van der Waals surface area contributed by atoms with E-state index in [1.165, 1.54) is 19.2 Å². The number of methoxy groups -OCH3 is 1. The maximum atomic E-state index is 14.0. The largest absolute Gasteiger partial charge is 0.491 e. The van der Waals surface area contributed by atoms with E-state index in [4.69, 9.17) is 9.47 Å². The zero-order valence-corrected chi connectivity index (χ0v) is 19.0. The van der Waals surface area contributed by atoms with Gasteiger partial charge in [0, 0.05) is 25.3 Å². The van der Waals surface area contributed by atoms with Gasteiger partial charge in [0.1, 0.15) is 22.3 Å². The third-order valence-corrected chi connectivity index (χ3v) is 7.34. The highest BCUT2D eigenvalue weighted by molar-refractivity contribution is 7.14. The molecule has 0 spiro atoms. The quantitative estimate of drug-likeness (QED) is 0.573. The number of nitrogens with zero attached hydrogens (tertiary/aromatic N) is 3. The van der Waals surface area contributed by atoms with Crippen LogP contribution in [0.1, 0.15) is 47.4 Å². The minimum atomic E-state index is -0.794. The number of ether oxygens (including phenoxy) is 2. The number of Topliss-reactive ketones (excluding diaryl/α,β-unsaturated/α-hetero) is 1. The smallest absolute Gasteiger partial charge is 0.234 e. The molecule has 5 rings (SSSR count). The van der Waals surface area contributed by atoms with Gasteiger partial charge in [-0.2, -0.15) is 0 Å². The van der Waals surface area contributed by atoms with Crippen LogP contribution >= 0.6 is 11.3 Å². The SMILES string of the molecule is COc1c2n(cc(-c3nnc(Cc4ccc(F)cc4F)s3)c1=O)[C@@H]1CCO[C@@H]1C(C)(C)C2=O. The number of hydrogen-bond donors (Lipinski definition) is 0. The van der Waals surface area contributed by atoms with Crippen LogP contribution in [0.5, 0.6) is 5.75 Å². The zero-order chi connectivity index (χ0) is 23.5. The minimum absolute atomic E-state index is 0.0303. The standard InChI is InChI=1S/C23H21F2N3O4S/c1-23(2)20(30)17-19(31-3)18(29)13(10-28(17)15-6-7-32-21(15)23)22-27-26-16(33-22)8-11-4-5-12(24)9-14(11)25/h4-5,9-10,15,21H,6-8H2,1-3H3/t15-,21+/m1/s1. The number of fused-ring (bicyclic) bond motifs is 3. The molecule has 2 aliphatic rings. The predicted octanol–water partition coefficient (Wildman–Crippen LogP) is 3.80. The Balaban J connectivity index is 1.59. The van der Waals surface area contributed by atoms with E-state index in [9.17, 15) is 18.4 Å². The number of aromatic nitrogens is 3. The van der Waals surface area contributed by atoms with Crippen molar-refractivity contribution in [2.24, 2.45) is 5.41 Å². The second-order valence-electron chi connectivity index (χ2n) is 8.77. The average Bonchev–Trinajstić information content (AvgIpc) is 3.44. The summed E-state index contributed by atoms with van der Waals surface area (Å²) in [5, 5.41) is 9.03. The first-order valence-corrected chi connectivity index (χ1v) is 11.3. The molecule has 1 fully saturated rings. The Kier molecular flexibility index (Phi) is 5.17. The fourth-order valence-corrected chi connectivity index (χ4v) is 5.55. The Morgan fingerprint density at radius 3 is 2.79 bits per heavy atom. The molecule has 0 radical (unpaired) electrons. The van der Waals surface area contributed by atoms with E-state index in [-0.39, 0.29) is 46.9 Å². The molecule has 0 saturated carbocycles. The summed E-state index contributed by atoms with van der Waals surface area (Å²) in [5.74, 6) is -1.57. The number of carbonyl (C=O) groups is 1. The number of pyridine rings is 1. The minimum Gasteiger partial charge on any atom is -0.491 e. The Morgan fingerprint density at radius 2 is 2.06 bits per heavy atom. The topological polar surface area (TPSA) is 83.3 Å². The lowest BCUT2D eigenvalue weighted by molar-refractivity contribution is -0.00282. The van der Waals surface area contributed by atoms with Gasteiger partial charge in [-0.05, 0) is 31.9 Å². The molecule has 2 aliphatic heterocycles. The zero-order valence-electron chi connectivity index (χ0n) is 18.2. The Hall–Kier alpha value is -2.98. The molecule has 0 unspecified atom stereocenters. The molecule has 2 atom stereocenters. The normalized spacial score (nSPS) is 21.1. The van der Waals surface area contributed by atoms with E-state index in [0.29, 0.717) is 23.0 Å². The van der Waals surface area contributed by atoms with Crippen LogP contribution in [0.3, 0.4) is 0 Å². The lowest BCUT2D eigenvalue weighted by Gasteiger charge is -2.40. The van der Waals surface area contributed by atoms with Crippen LogP contribution in [0, 0.1) is 17.0 Å². The number of carbonyl (C=O) groups excluding carboxylic acids is 1. The highest BCUT2D eigenvalue weighted by atomic mass is 32.1. The van der Waals surface area contributed by atoms with Crippen LogP contribution in [0.4, 0.5) is 8.78 Å². The van der Waals surface area contributed by atoms with Gasteiger partial charge in [-0.1, -0.05) is 17.4 Å². The van der Waals surface area contributed by atoms with Crippen molar-refractivity contribution in [2.75, 3.05) is 13.7 Å². The van der Waals surface area contributed by atoms with E-state index >= 15 is 0 Å². The average molecular weight is 474 g/mol. The highest BCUT2D eigenvalue weighted by Gasteiger charge is 2.52. The van der Waals surface area contributed by atoms with Crippen LogP contribution in [0.25, 0.3) is 10.6 Å². The molecule has 0 amide bonds. The Morgan fingerprint density at radius 1 is 1.27 bits per heavy atom. The second kappa shape index (κ2) is 7.81. The van der Waals surface area contributed by atoms with Crippen molar-refractivity contribution in [3.05, 3.63) is 62.5 Å². The van der Waals surface area contributed by atoms with E-state index < -0.39 is 22.5 Å². The fourth-order valence-electron chi connectivity index (χ4n) is 4.68. The van der Waals surface area contributed by atoms with Gasteiger partial charge in [0.05, 0.1) is 30.2 Å². The molecule has 2 aromatic heterocycles. The first-order chi connectivity index (χ1) is 15.7. The van der Waals surface area contributed by atoms with E-state index in [2.05, 4.69) is 10.2 Å². The summed E-state index contributed by atoms with van der Waals surface area (Å²) < 4.78 is 40.3. The maximum Gasteiger partial charge on any atom is 0.234 e. The monoisotopic (exact) mass is 473 g/mol. The number of halogens is 2. The van der Waals surface area contributed by atoms with Gasteiger partial charge < -0.3 is 14.0 Å². The molecular weight excluding hydrogens is 452 g/mol. The molecule has 3 aromatic rings. The van der Waals surface area contributed by atoms with Crippen molar-refractivity contribution in [1.29, 1.82) is 0 Å². The van der Waals surface area contributed by atoms with E-state index in [1.54, 1.807) is 10.8 Å². The summed E-state index contributed by atoms with van der Waals surface area (Å²) in [6, 6.07) is 3.23. The summed E-state index contributed by atoms with van der Waals surface area (Å²) in [5.41, 5.74) is -0.492. The van der Waals surface area contributed by atoms with Crippen molar-refractivity contribution in [2.45, 2.75) is 38.8 Å².